The number of anilines is 2. The fourth-order valence-corrected chi connectivity index (χ4v) is 4.14. The predicted octanol–water partition coefficient (Wildman–Crippen LogP) is 7.74. The van der Waals surface area contributed by atoms with Gasteiger partial charge in [-0.3, -0.25) is 3.11 Å². The van der Waals surface area contributed by atoms with Gasteiger partial charge >= 0.3 is 0 Å². The van der Waals surface area contributed by atoms with Gasteiger partial charge in [0.25, 0.3) is 0 Å². The van der Waals surface area contributed by atoms with Crippen molar-refractivity contribution in [1.29, 1.82) is 0 Å². The lowest BCUT2D eigenvalue weighted by Crippen LogP contribution is -2.00. The zero-order chi connectivity index (χ0) is 18.2. The maximum Gasteiger partial charge on any atom is 0.159 e. The first-order valence-corrected chi connectivity index (χ1v) is 9.79. The van der Waals surface area contributed by atoms with E-state index in [1.54, 1.807) is 0 Å². The van der Waals surface area contributed by atoms with Gasteiger partial charge in [0.2, 0.25) is 0 Å². The van der Waals surface area contributed by atoms with Crippen LogP contribution in [-0.4, -0.2) is 0 Å². The van der Waals surface area contributed by atoms with Crippen LogP contribution in [0.3, 0.4) is 0 Å². The molecule has 0 spiro atoms. The van der Waals surface area contributed by atoms with Crippen LogP contribution < -0.4 is 3.11 Å². The van der Waals surface area contributed by atoms with Crippen molar-refractivity contribution >= 4 is 56.2 Å². The Morgan fingerprint density at radius 2 is 1.26 bits per heavy atom. The maximum absolute atomic E-state index is 6.17. The molecule has 0 aliphatic rings. The standard InChI is InChI=1S/C24H16INO/c25-26(19-15-13-18(14-16-19)17-7-2-1-3-8-17)22-11-6-10-21-20-9-4-5-12-23(20)27-24(21)22/h1-16H. The molecular weight excluding hydrogens is 445 g/mol. The molecule has 0 saturated heterocycles. The summed E-state index contributed by atoms with van der Waals surface area (Å²) in [7, 11) is 0. The molecule has 0 atom stereocenters. The number of para-hydroxylation sites is 2. The first kappa shape index (κ1) is 16.4. The van der Waals surface area contributed by atoms with E-state index in [-0.39, 0.29) is 0 Å². The third-order valence-electron chi connectivity index (χ3n) is 4.80. The molecule has 0 radical (unpaired) electrons. The molecule has 0 fully saturated rings. The van der Waals surface area contributed by atoms with Crippen LogP contribution >= 0.6 is 22.9 Å². The van der Waals surface area contributed by atoms with E-state index in [0.29, 0.717) is 0 Å². The first-order valence-electron chi connectivity index (χ1n) is 8.83. The van der Waals surface area contributed by atoms with Gasteiger partial charge in [0, 0.05) is 10.8 Å². The van der Waals surface area contributed by atoms with E-state index >= 15 is 0 Å². The van der Waals surface area contributed by atoms with Crippen LogP contribution in [0.4, 0.5) is 11.4 Å². The minimum absolute atomic E-state index is 0.917. The molecule has 0 aliphatic carbocycles. The summed E-state index contributed by atoms with van der Waals surface area (Å²) >= 11 is 2.35. The van der Waals surface area contributed by atoms with Gasteiger partial charge in [0.05, 0.1) is 34.2 Å². The molecule has 5 aromatic rings. The quantitative estimate of drug-likeness (QED) is 0.202. The molecule has 0 amide bonds. The Kier molecular flexibility index (Phi) is 4.09. The average molecular weight is 461 g/mol. The van der Waals surface area contributed by atoms with Crippen LogP contribution in [0, 0.1) is 0 Å². The van der Waals surface area contributed by atoms with E-state index in [1.165, 1.54) is 11.1 Å². The van der Waals surface area contributed by atoms with E-state index in [9.17, 15) is 0 Å². The molecule has 0 bridgehead atoms. The Morgan fingerprint density at radius 1 is 0.593 bits per heavy atom. The molecule has 2 nitrogen and oxygen atoms in total. The second kappa shape index (κ2) is 6.74. The van der Waals surface area contributed by atoms with Gasteiger partial charge in [-0.25, -0.2) is 0 Å². The highest BCUT2D eigenvalue weighted by atomic mass is 127. The molecule has 1 heterocycles. The Bertz CT molecular complexity index is 1230. The number of hydrogen-bond donors (Lipinski definition) is 0. The molecule has 4 aromatic carbocycles. The Morgan fingerprint density at radius 3 is 2.07 bits per heavy atom. The van der Waals surface area contributed by atoms with Crippen molar-refractivity contribution < 1.29 is 4.42 Å². The lowest BCUT2D eigenvalue weighted by atomic mass is 10.1. The molecule has 27 heavy (non-hydrogen) atoms. The number of fused-ring (bicyclic) bond motifs is 3. The van der Waals surface area contributed by atoms with Gasteiger partial charge in [-0.1, -0.05) is 72.8 Å². The number of hydrogen-bond acceptors (Lipinski definition) is 2. The van der Waals surface area contributed by atoms with Crippen molar-refractivity contribution in [3.8, 4) is 11.1 Å². The molecule has 130 valence electrons. The Hall–Kier alpha value is -2.79. The number of furan rings is 1. The molecule has 1 aromatic heterocycles. The molecule has 3 heteroatoms. The maximum atomic E-state index is 6.17. The smallest absolute Gasteiger partial charge is 0.159 e. The third kappa shape index (κ3) is 2.88. The molecular formula is C24H16INO. The third-order valence-corrected chi connectivity index (χ3v) is 5.87. The van der Waals surface area contributed by atoms with E-state index in [2.05, 4.69) is 98.8 Å². The number of halogens is 1. The van der Waals surface area contributed by atoms with Crippen molar-refractivity contribution in [3.63, 3.8) is 0 Å². The summed E-state index contributed by atoms with van der Waals surface area (Å²) < 4.78 is 8.32. The van der Waals surface area contributed by atoms with E-state index in [4.69, 9.17) is 4.42 Å². The highest BCUT2D eigenvalue weighted by Gasteiger charge is 2.15. The van der Waals surface area contributed by atoms with Crippen LogP contribution in [0.15, 0.2) is 101 Å². The number of rotatable bonds is 3. The van der Waals surface area contributed by atoms with Gasteiger partial charge in [-0.05, 0) is 35.4 Å². The second-order valence-electron chi connectivity index (χ2n) is 6.45. The summed E-state index contributed by atoms with van der Waals surface area (Å²) in [5, 5.41) is 2.30. The van der Waals surface area contributed by atoms with Crippen LogP contribution in [0.1, 0.15) is 0 Å². The van der Waals surface area contributed by atoms with Crippen LogP contribution in [0.5, 0.6) is 0 Å². The van der Waals surface area contributed by atoms with Gasteiger partial charge in [-0.15, -0.1) is 0 Å². The van der Waals surface area contributed by atoms with Crippen LogP contribution in [-0.2, 0) is 0 Å². The topological polar surface area (TPSA) is 16.4 Å². The van der Waals surface area contributed by atoms with Crippen molar-refractivity contribution in [2.45, 2.75) is 0 Å². The normalized spacial score (nSPS) is 11.1. The summed E-state index contributed by atoms with van der Waals surface area (Å²) in [6, 6.07) is 33.5. The zero-order valence-corrected chi connectivity index (χ0v) is 16.6. The molecule has 0 aliphatic heterocycles. The summed E-state index contributed by atoms with van der Waals surface area (Å²) in [6.07, 6.45) is 0. The fourth-order valence-electron chi connectivity index (χ4n) is 3.44. The lowest BCUT2D eigenvalue weighted by molar-refractivity contribution is 0.670. The minimum atomic E-state index is 0.917. The minimum Gasteiger partial charge on any atom is -0.454 e. The Balaban J connectivity index is 1.57. The van der Waals surface area contributed by atoms with Crippen molar-refractivity contribution in [2.75, 3.05) is 3.11 Å². The second-order valence-corrected chi connectivity index (χ2v) is 7.41. The Labute approximate surface area is 171 Å². The van der Waals surface area contributed by atoms with Crippen LogP contribution in [0.25, 0.3) is 33.1 Å². The molecule has 0 N–H and O–H groups in total. The van der Waals surface area contributed by atoms with Crippen LogP contribution in [0.2, 0.25) is 0 Å². The monoisotopic (exact) mass is 461 g/mol. The number of benzene rings is 4. The van der Waals surface area contributed by atoms with Gasteiger partial charge in [0.1, 0.15) is 5.58 Å². The highest BCUT2D eigenvalue weighted by Crippen LogP contribution is 2.39. The van der Waals surface area contributed by atoms with Crippen molar-refractivity contribution in [2.24, 2.45) is 0 Å². The van der Waals surface area contributed by atoms with E-state index in [1.807, 2.05) is 24.3 Å². The predicted molar refractivity (Wildman–Crippen MR) is 122 cm³/mol. The van der Waals surface area contributed by atoms with Gasteiger partial charge in [0.15, 0.2) is 5.58 Å². The molecule has 0 unspecified atom stereocenters. The van der Waals surface area contributed by atoms with Gasteiger partial charge in [-0.2, -0.15) is 0 Å². The van der Waals surface area contributed by atoms with E-state index < -0.39 is 0 Å². The van der Waals surface area contributed by atoms with Gasteiger partial charge < -0.3 is 4.42 Å². The SMILES string of the molecule is IN(c1ccc(-c2ccccc2)cc1)c1cccc2c1oc1ccccc12. The summed E-state index contributed by atoms with van der Waals surface area (Å²) in [6.45, 7) is 0. The van der Waals surface area contributed by atoms with Crippen molar-refractivity contribution in [3.05, 3.63) is 97.1 Å². The molecule has 5 rings (SSSR count). The zero-order valence-electron chi connectivity index (χ0n) is 14.5. The lowest BCUT2D eigenvalue weighted by Gasteiger charge is -2.17. The molecule has 0 saturated carbocycles. The summed E-state index contributed by atoms with van der Waals surface area (Å²) in [5.41, 5.74) is 6.44. The number of nitrogens with zero attached hydrogens (tertiary/aromatic N) is 1. The summed E-state index contributed by atoms with van der Waals surface area (Å²) in [4.78, 5) is 0. The first-order chi connectivity index (χ1) is 13.3. The highest BCUT2D eigenvalue weighted by molar-refractivity contribution is 14.1. The largest absolute Gasteiger partial charge is 0.454 e. The average Bonchev–Trinajstić information content (AvgIpc) is 3.13. The summed E-state index contributed by atoms with van der Waals surface area (Å²) in [5.74, 6) is 0. The van der Waals surface area contributed by atoms with E-state index in [0.717, 1.165) is 33.3 Å². The fraction of sp³-hybridized carbons (Fsp3) is 0. The van der Waals surface area contributed by atoms with Crippen molar-refractivity contribution in [1.82, 2.24) is 0 Å².